The van der Waals surface area contributed by atoms with Gasteiger partial charge in [-0.1, -0.05) is 23.7 Å². The van der Waals surface area contributed by atoms with Gasteiger partial charge < -0.3 is 5.73 Å². The maximum absolute atomic E-state index is 5.89. The van der Waals surface area contributed by atoms with Gasteiger partial charge in [0.25, 0.3) is 0 Å². The van der Waals surface area contributed by atoms with E-state index in [9.17, 15) is 0 Å². The number of anilines is 1. The second-order valence-electron chi connectivity index (χ2n) is 3.93. The van der Waals surface area contributed by atoms with E-state index in [1.807, 2.05) is 31.2 Å². The van der Waals surface area contributed by atoms with E-state index in [1.54, 1.807) is 4.52 Å². The lowest BCUT2D eigenvalue weighted by Crippen LogP contribution is -2.02. The van der Waals surface area contributed by atoms with Gasteiger partial charge in [-0.25, -0.2) is 9.97 Å². The van der Waals surface area contributed by atoms with E-state index in [0.29, 0.717) is 16.6 Å². The quantitative estimate of drug-likeness (QED) is 0.728. The Morgan fingerprint density at radius 1 is 1.17 bits per heavy atom. The minimum Gasteiger partial charge on any atom is -0.368 e. The zero-order valence-corrected chi connectivity index (χ0v) is 10.4. The molecule has 0 unspecified atom stereocenters. The van der Waals surface area contributed by atoms with Crippen molar-refractivity contribution in [3.63, 3.8) is 0 Å². The topological polar surface area (TPSA) is 69.1 Å². The SMILES string of the molecule is Cc1nn2c(N)ncnc2c1-c1ccc(Cl)cc1. The lowest BCUT2D eigenvalue weighted by Gasteiger charge is -2.00. The van der Waals surface area contributed by atoms with Crippen molar-refractivity contribution in [3.8, 4) is 11.1 Å². The van der Waals surface area contributed by atoms with Crippen molar-refractivity contribution < 1.29 is 0 Å². The molecule has 0 amide bonds. The summed E-state index contributed by atoms with van der Waals surface area (Å²) < 4.78 is 1.54. The maximum Gasteiger partial charge on any atom is 0.224 e. The van der Waals surface area contributed by atoms with Gasteiger partial charge in [0.1, 0.15) is 6.33 Å². The third-order valence-electron chi connectivity index (χ3n) is 2.76. The summed E-state index contributed by atoms with van der Waals surface area (Å²) in [5.41, 5.74) is 9.27. The third-order valence-corrected chi connectivity index (χ3v) is 3.01. The number of nitrogen functional groups attached to an aromatic ring is 1. The predicted octanol–water partition coefficient (Wildman–Crippen LogP) is 2.34. The van der Waals surface area contributed by atoms with Gasteiger partial charge >= 0.3 is 0 Å². The second-order valence-corrected chi connectivity index (χ2v) is 4.37. The number of rotatable bonds is 1. The molecular formula is C12H10ClN5. The third kappa shape index (κ3) is 1.60. The molecule has 2 N–H and O–H groups in total. The summed E-state index contributed by atoms with van der Waals surface area (Å²) in [5, 5.41) is 5.04. The molecule has 0 saturated carbocycles. The van der Waals surface area contributed by atoms with Crippen molar-refractivity contribution in [2.45, 2.75) is 6.92 Å². The first-order chi connectivity index (χ1) is 8.66. The summed E-state index contributed by atoms with van der Waals surface area (Å²) in [6, 6.07) is 7.55. The van der Waals surface area contributed by atoms with Crippen LogP contribution in [-0.2, 0) is 0 Å². The number of fused-ring (bicyclic) bond motifs is 1. The number of nitrogens with two attached hydrogens (primary N) is 1. The van der Waals surface area contributed by atoms with E-state index < -0.39 is 0 Å². The molecular weight excluding hydrogens is 250 g/mol. The Kier molecular flexibility index (Phi) is 2.41. The van der Waals surface area contributed by atoms with Gasteiger partial charge in [-0.2, -0.15) is 9.61 Å². The fraction of sp³-hybridized carbons (Fsp3) is 0.0833. The molecule has 0 radical (unpaired) electrons. The summed E-state index contributed by atoms with van der Waals surface area (Å²) in [5.74, 6) is 0.323. The fourth-order valence-electron chi connectivity index (χ4n) is 1.95. The van der Waals surface area contributed by atoms with Crippen molar-refractivity contribution in [2.75, 3.05) is 5.73 Å². The molecule has 2 heterocycles. The van der Waals surface area contributed by atoms with E-state index in [0.717, 1.165) is 16.8 Å². The zero-order valence-electron chi connectivity index (χ0n) is 9.63. The van der Waals surface area contributed by atoms with Crippen molar-refractivity contribution in [1.29, 1.82) is 0 Å². The average Bonchev–Trinajstić information content (AvgIpc) is 2.69. The van der Waals surface area contributed by atoms with E-state index in [4.69, 9.17) is 17.3 Å². The highest BCUT2D eigenvalue weighted by Crippen LogP contribution is 2.28. The molecule has 18 heavy (non-hydrogen) atoms. The van der Waals surface area contributed by atoms with Crippen molar-refractivity contribution in [3.05, 3.63) is 41.3 Å². The summed E-state index contributed by atoms with van der Waals surface area (Å²) in [4.78, 5) is 8.15. The number of halogens is 1. The molecule has 3 rings (SSSR count). The first-order valence-corrected chi connectivity index (χ1v) is 5.76. The minimum atomic E-state index is 0.323. The minimum absolute atomic E-state index is 0.323. The Bertz CT molecular complexity index is 717. The molecule has 0 aliphatic carbocycles. The van der Waals surface area contributed by atoms with Gasteiger partial charge in [0.05, 0.1) is 5.69 Å². The molecule has 0 fully saturated rings. The molecule has 0 spiro atoms. The Morgan fingerprint density at radius 3 is 2.61 bits per heavy atom. The summed E-state index contributed by atoms with van der Waals surface area (Å²) >= 11 is 5.89. The zero-order chi connectivity index (χ0) is 12.7. The van der Waals surface area contributed by atoms with Gasteiger partial charge in [0.15, 0.2) is 5.65 Å². The molecule has 6 heteroatoms. The fourth-order valence-corrected chi connectivity index (χ4v) is 2.07. The van der Waals surface area contributed by atoms with Crippen molar-refractivity contribution in [2.24, 2.45) is 0 Å². The van der Waals surface area contributed by atoms with E-state index in [2.05, 4.69) is 15.1 Å². The van der Waals surface area contributed by atoms with E-state index >= 15 is 0 Å². The molecule has 0 bridgehead atoms. The lowest BCUT2D eigenvalue weighted by atomic mass is 10.1. The molecule has 0 atom stereocenters. The number of hydrogen-bond acceptors (Lipinski definition) is 4. The van der Waals surface area contributed by atoms with Crippen LogP contribution in [0.2, 0.25) is 5.02 Å². The van der Waals surface area contributed by atoms with E-state index in [1.165, 1.54) is 6.33 Å². The molecule has 0 aliphatic rings. The van der Waals surface area contributed by atoms with E-state index in [-0.39, 0.29) is 0 Å². The molecule has 3 aromatic rings. The van der Waals surface area contributed by atoms with Crippen LogP contribution in [-0.4, -0.2) is 19.6 Å². The number of hydrogen-bond donors (Lipinski definition) is 1. The largest absolute Gasteiger partial charge is 0.368 e. The van der Waals surface area contributed by atoms with Crippen molar-refractivity contribution >= 4 is 23.2 Å². The summed E-state index contributed by atoms with van der Waals surface area (Å²) in [6.07, 6.45) is 1.44. The Morgan fingerprint density at radius 2 is 1.89 bits per heavy atom. The molecule has 90 valence electrons. The average molecular weight is 260 g/mol. The first kappa shape index (κ1) is 11.0. The number of benzene rings is 1. The first-order valence-electron chi connectivity index (χ1n) is 5.38. The van der Waals surface area contributed by atoms with Crippen LogP contribution in [0.1, 0.15) is 5.69 Å². The summed E-state index contributed by atoms with van der Waals surface area (Å²) in [7, 11) is 0. The maximum atomic E-state index is 5.89. The van der Waals surface area contributed by atoms with Crippen LogP contribution in [0.3, 0.4) is 0 Å². The van der Waals surface area contributed by atoms with Gasteiger partial charge in [0, 0.05) is 10.6 Å². The lowest BCUT2D eigenvalue weighted by molar-refractivity contribution is 0.892. The van der Waals surface area contributed by atoms with Gasteiger partial charge in [-0.3, -0.25) is 0 Å². The monoisotopic (exact) mass is 259 g/mol. The highest BCUT2D eigenvalue weighted by atomic mass is 35.5. The van der Waals surface area contributed by atoms with Crippen LogP contribution in [0, 0.1) is 6.92 Å². The highest BCUT2D eigenvalue weighted by Gasteiger charge is 2.14. The highest BCUT2D eigenvalue weighted by molar-refractivity contribution is 6.30. The Labute approximate surface area is 108 Å². The van der Waals surface area contributed by atoms with Gasteiger partial charge in [-0.15, -0.1) is 0 Å². The number of aryl methyl sites for hydroxylation is 1. The number of aromatic nitrogens is 4. The van der Waals surface area contributed by atoms with Crippen LogP contribution in [0.5, 0.6) is 0 Å². The Balaban J connectivity index is 2.32. The van der Waals surface area contributed by atoms with Crippen LogP contribution < -0.4 is 5.73 Å². The molecule has 0 saturated heterocycles. The van der Waals surface area contributed by atoms with Gasteiger partial charge in [0.2, 0.25) is 5.95 Å². The van der Waals surface area contributed by atoms with Crippen molar-refractivity contribution in [1.82, 2.24) is 19.6 Å². The van der Waals surface area contributed by atoms with Crippen LogP contribution in [0.15, 0.2) is 30.6 Å². The molecule has 1 aromatic carbocycles. The molecule has 0 aliphatic heterocycles. The second kappa shape index (κ2) is 3.96. The van der Waals surface area contributed by atoms with Crippen LogP contribution in [0.25, 0.3) is 16.8 Å². The molecule has 5 nitrogen and oxygen atoms in total. The predicted molar refractivity (Wildman–Crippen MR) is 70.4 cm³/mol. The standard InChI is InChI=1S/C12H10ClN5/c1-7-10(8-2-4-9(13)5-3-8)11-15-6-16-12(14)18(11)17-7/h2-6H,1H3,(H2,14,15,16). The van der Waals surface area contributed by atoms with Gasteiger partial charge in [-0.05, 0) is 24.6 Å². The smallest absolute Gasteiger partial charge is 0.224 e. The normalized spacial score (nSPS) is 11.0. The Hall–Kier alpha value is -2.14. The van der Waals surface area contributed by atoms with Crippen LogP contribution >= 0.6 is 11.6 Å². The van der Waals surface area contributed by atoms with Crippen LogP contribution in [0.4, 0.5) is 5.95 Å². The summed E-state index contributed by atoms with van der Waals surface area (Å²) in [6.45, 7) is 1.91. The molecule has 2 aromatic heterocycles. The number of nitrogens with zero attached hydrogens (tertiary/aromatic N) is 4.